The van der Waals surface area contributed by atoms with Crippen LogP contribution in [0.25, 0.3) is 0 Å². The zero-order valence-electron chi connectivity index (χ0n) is 15.2. The van der Waals surface area contributed by atoms with Crippen LogP contribution in [0.3, 0.4) is 0 Å². The fourth-order valence-corrected chi connectivity index (χ4v) is 3.50. The van der Waals surface area contributed by atoms with E-state index in [2.05, 4.69) is 5.32 Å². The zero-order chi connectivity index (χ0) is 19.9. The first kappa shape index (κ1) is 19.9. The maximum Gasteiger partial charge on any atom is 0.268 e. The van der Waals surface area contributed by atoms with Crippen molar-refractivity contribution in [3.8, 4) is 5.75 Å². The van der Waals surface area contributed by atoms with Crippen molar-refractivity contribution in [1.82, 2.24) is 5.32 Å². The number of halogens is 1. The van der Waals surface area contributed by atoms with Crippen molar-refractivity contribution in [1.29, 1.82) is 0 Å². The smallest absolute Gasteiger partial charge is 0.268 e. The van der Waals surface area contributed by atoms with Gasteiger partial charge in [-0.3, -0.25) is 9.59 Å². The quantitative estimate of drug-likeness (QED) is 0.579. The van der Waals surface area contributed by atoms with Crippen LogP contribution in [0.5, 0.6) is 5.75 Å². The fraction of sp³-hybridized carbons (Fsp3) is 0.143. The third-order valence-corrected chi connectivity index (χ3v) is 5.09. The van der Waals surface area contributed by atoms with E-state index in [1.807, 2.05) is 11.4 Å². The van der Waals surface area contributed by atoms with E-state index in [-0.39, 0.29) is 11.8 Å². The molecule has 5 nitrogen and oxygen atoms in total. The molecule has 0 unspecified atom stereocenters. The van der Waals surface area contributed by atoms with Gasteiger partial charge in [-0.25, -0.2) is 0 Å². The molecule has 0 aliphatic rings. The number of benzene rings is 2. The van der Waals surface area contributed by atoms with E-state index in [1.165, 1.54) is 16.2 Å². The third kappa shape index (κ3) is 4.91. The second-order valence-electron chi connectivity index (χ2n) is 5.92. The summed E-state index contributed by atoms with van der Waals surface area (Å²) in [6, 6.07) is 17.7. The second kappa shape index (κ2) is 9.39. The summed E-state index contributed by atoms with van der Waals surface area (Å²) >= 11 is 7.28. The van der Waals surface area contributed by atoms with E-state index in [0.717, 1.165) is 0 Å². The summed E-state index contributed by atoms with van der Waals surface area (Å²) in [5, 5.41) is 5.26. The summed E-state index contributed by atoms with van der Waals surface area (Å²) in [7, 11) is 1.66. The number of hydrogen-bond acceptors (Lipinski definition) is 4. The number of ether oxygens (including phenoxy) is 1. The van der Waals surface area contributed by atoms with Crippen LogP contribution in [0, 0.1) is 0 Å². The van der Waals surface area contributed by atoms with Crippen LogP contribution in [-0.4, -0.2) is 32.0 Å². The van der Waals surface area contributed by atoms with E-state index in [1.54, 1.807) is 61.6 Å². The van der Waals surface area contributed by atoms with Gasteiger partial charge in [0, 0.05) is 12.1 Å². The molecule has 0 saturated heterocycles. The van der Waals surface area contributed by atoms with Crippen molar-refractivity contribution in [2.24, 2.45) is 0 Å². The summed E-state index contributed by atoms with van der Waals surface area (Å²) in [6.07, 6.45) is 0. The summed E-state index contributed by atoms with van der Waals surface area (Å²) < 4.78 is 5.58. The van der Waals surface area contributed by atoms with Crippen molar-refractivity contribution < 1.29 is 14.3 Å². The average molecular weight is 415 g/mol. The number of para-hydroxylation sites is 1. The Morgan fingerprint density at radius 3 is 2.68 bits per heavy atom. The number of hydrogen-bond donors (Lipinski definition) is 1. The Labute approximate surface area is 172 Å². The molecule has 1 aromatic heterocycles. The lowest BCUT2D eigenvalue weighted by Crippen LogP contribution is -2.32. The molecule has 2 amide bonds. The number of anilines is 1. The van der Waals surface area contributed by atoms with E-state index < -0.39 is 0 Å². The highest BCUT2D eigenvalue weighted by Crippen LogP contribution is 2.22. The first-order valence-corrected chi connectivity index (χ1v) is 9.89. The monoisotopic (exact) mass is 414 g/mol. The Morgan fingerprint density at radius 2 is 1.93 bits per heavy atom. The van der Waals surface area contributed by atoms with E-state index in [0.29, 0.717) is 40.1 Å². The largest absolute Gasteiger partial charge is 0.492 e. The summed E-state index contributed by atoms with van der Waals surface area (Å²) in [5.41, 5.74) is 0.979. The summed E-state index contributed by atoms with van der Waals surface area (Å²) in [5.74, 6) is 0.221. The lowest BCUT2D eigenvalue weighted by Gasteiger charge is -2.20. The van der Waals surface area contributed by atoms with E-state index in [9.17, 15) is 9.59 Å². The molecule has 0 atom stereocenters. The normalized spacial score (nSPS) is 10.4. The number of carbonyl (C=O) groups excluding carboxylic acids is 2. The molecule has 0 aliphatic carbocycles. The molecule has 0 bridgehead atoms. The van der Waals surface area contributed by atoms with Gasteiger partial charge in [0.15, 0.2) is 0 Å². The number of carbonyl (C=O) groups is 2. The Hall–Kier alpha value is -2.83. The van der Waals surface area contributed by atoms with Crippen LogP contribution in [0.2, 0.25) is 5.02 Å². The van der Waals surface area contributed by atoms with Gasteiger partial charge in [-0.05, 0) is 41.8 Å². The first-order chi connectivity index (χ1) is 13.6. The first-order valence-electron chi connectivity index (χ1n) is 8.63. The highest BCUT2D eigenvalue weighted by molar-refractivity contribution is 7.12. The standard InChI is InChI=1S/C21H19ClN2O3S/c1-24(21(26)19-10-5-13-28-19)18-9-3-2-8-17(18)20(25)23-11-12-27-16-7-4-6-15(22)14-16/h2-10,13-14H,11-12H2,1H3,(H,23,25). The van der Waals surface area contributed by atoms with Crippen LogP contribution in [0.4, 0.5) is 5.69 Å². The zero-order valence-corrected chi connectivity index (χ0v) is 16.8. The van der Waals surface area contributed by atoms with Gasteiger partial charge in [-0.15, -0.1) is 11.3 Å². The minimum atomic E-state index is -0.267. The number of nitrogens with zero attached hydrogens (tertiary/aromatic N) is 1. The van der Waals surface area contributed by atoms with Gasteiger partial charge < -0.3 is 15.0 Å². The minimum Gasteiger partial charge on any atom is -0.492 e. The number of nitrogens with one attached hydrogen (secondary N) is 1. The highest BCUT2D eigenvalue weighted by atomic mass is 35.5. The van der Waals surface area contributed by atoms with Crippen molar-refractivity contribution in [3.05, 3.63) is 81.5 Å². The van der Waals surface area contributed by atoms with E-state index in [4.69, 9.17) is 16.3 Å². The molecule has 0 saturated carbocycles. The molecule has 7 heteroatoms. The molecule has 28 heavy (non-hydrogen) atoms. The maximum absolute atomic E-state index is 12.6. The molecule has 1 heterocycles. The Balaban J connectivity index is 1.61. The lowest BCUT2D eigenvalue weighted by atomic mass is 10.1. The van der Waals surface area contributed by atoms with Gasteiger partial charge in [0.05, 0.1) is 22.7 Å². The molecular weight excluding hydrogens is 396 g/mol. The Morgan fingerprint density at radius 1 is 1.11 bits per heavy atom. The third-order valence-electron chi connectivity index (χ3n) is 4.00. The lowest BCUT2D eigenvalue weighted by molar-refractivity contribution is 0.0947. The maximum atomic E-state index is 12.6. The average Bonchev–Trinajstić information content (AvgIpc) is 3.25. The summed E-state index contributed by atoms with van der Waals surface area (Å²) in [6.45, 7) is 0.625. The second-order valence-corrected chi connectivity index (χ2v) is 7.30. The molecule has 0 fully saturated rings. The van der Waals surface area contributed by atoms with Crippen LogP contribution in [0.15, 0.2) is 66.0 Å². The van der Waals surface area contributed by atoms with Crippen LogP contribution in [0.1, 0.15) is 20.0 Å². The number of amides is 2. The highest BCUT2D eigenvalue weighted by Gasteiger charge is 2.19. The molecule has 2 aromatic carbocycles. The number of rotatable bonds is 7. The van der Waals surface area contributed by atoms with Crippen molar-refractivity contribution in [3.63, 3.8) is 0 Å². The molecule has 0 spiro atoms. The molecule has 0 aliphatic heterocycles. The van der Waals surface area contributed by atoms with Gasteiger partial charge in [0.1, 0.15) is 12.4 Å². The Kier molecular flexibility index (Phi) is 6.68. The van der Waals surface area contributed by atoms with Crippen molar-refractivity contribution >= 4 is 40.4 Å². The van der Waals surface area contributed by atoms with Gasteiger partial charge in [-0.2, -0.15) is 0 Å². The van der Waals surface area contributed by atoms with E-state index >= 15 is 0 Å². The topological polar surface area (TPSA) is 58.6 Å². The summed E-state index contributed by atoms with van der Waals surface area (Å²) in [4.78, 5) is 27.3. The fourth-order valence-electron chi connectivity index (χ4n) is 2.62. The van der Waals surface area contributed by atoms with Crippen LogP contribution in [-0.2, 0) is 0 Å². The Bertz CT molecular complexity index is 960. The molecular formula is C21H19ClN2O3S. The van der Waals surface area contributed by atoms with Gasteiger partial charge in [0.2, 0.25) is 0 Å². The molecule has 0 radical (unpaired) electrons. The molecule has 1 N–H and O–H groups in total. The number of thiophene rings is 1. The molecule has 3 rings (SSSR count). The SMILES string of the molecule is CN(C(=O)c1cccs1)c1ccccc1C(=O)NCCOc1cccc(Cl)c1. The molecule has 144 valence electrons. The predicted molar refractivity (Wildman–Crippen MR) is 113 cm³/mol. The van der Waals surface area contributed by atoms with Crippen LogP contribution >= 0.6 is 22.9 Å². The van der Waals surface area contributed by atoms with Gasteiger partial charge >= 0.3 is 0 Å². The van der Waals surface area contributed by atoms with Gasteiger partial charge in [-0.1, -0.05) is 35.9 Å². The van der Waals surface area contributed by atoms with Gasteiger partial charge in [0.25, 0.3) is 11.8 Å². The van der Waals surface area contributed by atoms with Crippen molar-refractivity contribution in [2.45, 2.75) is 0 Å². The van der Waals surface area contributed by atoms with Crippen molar-refractivity contribution in [2.75, 3.05) is 25.1 Å². The van der Waals surface area contributed by atoms with Crippen LogP contribution < -0.4 is 15.0 Å². The molecule has 3 aromatic rings. The predicted octanol–water partition coefficient (Wildman–Crippen LogP) is 4.49. The minimum absolute atomic E-state index is 0.153.